The Kier molecular flexibility index (Phi) is 57.8. The molecule has 0 aliphatic rings. The number of hydrogen-bond donors (Lipinski definition) is 0. The molecule has 0 saturated carbocycles. The summed E-state index contributed by atoms with van der Waals surface area (Å²) in [6.07, 6.45) is 0. The van der Waals surface area contributed by atoms with Crippen LogP contribution in [0.2, 0.25) is 0 Å². The van der Waals surface area contributed by atoms with Crippen LogP contribution in [0.4, 0.5) is 34.5 Å². The fraction of sp³-hybridized carbons (Fsp3) is 0. The molecule has 0 aromatic rings. The molecule has 15 heavy (non-hydrogen) atoms. The molecule has 0 heterocycles. The molecular formula is H3B2CuF8KLiNaZn. The second-order valence-electron chi connectivity index (χ2n) is 0.990. The quantitative estimate of drug-likeness (QED) is 0.293. The summed E-state index contributed by atoms with van der Waals surface area (Å²) in [6.45, 7) is 0. The summed E-state index contributed by atoms with van der Waals surface area (Å²) in [7, 11) is -12.0. The molecule has 0 unspecified atom stereocenters. The van der Waals surface area contributed by atoms with Gasteiger partial charge < -0.3 is 38.8 Å². The van der Waals surface area contributed by atoms with Crippen molar-refractivity contribution >= 4 is 14.5 Å². The van der Waals surface area contributed by atoms with E-state index in [1.165, 1.54) is 0 Å². The van der Waals surface area contributed by atoms with Crippen molar-refractivity contribution in [2.75, 3.05) is 0 Å². The predicted molar refractivity (Wildman–Crippen MR) is 23.7 cm³/mol. The van der Waals surface area contributed by atoms with Crippen LogP contribution in [0.5, 0.6) is 0 Å². The van der Waals surface area contributed by atoms with Gasteiger partial charge in [0.1, 0.15) is 0 Å². The Balaban J connectivity index is -0.00000000615. The van der Waals surface area contributed by atoms with Crippen molar-refractivity contribution in [3.05, 3.63) is 0 Å². The Morgan fingerprint density at radius 3 is 0.667 bits per heavy atom. The van der Waals surface area contributed by atoms with E-state index >= 15 is 0 Å². The monoisotopic (exact) mass is 373 g/mol. The van der Waals surface area contributed by atoms with Gasteiger partial charge in [-0.05, 0) is 0 Å². The van der Waals surface area contributed by atoms with Crippen LogP contribution in [0.3, 0.4) is 0 Å². The molecule has 0 saturated heterocycles. The van der Waals surface area contributed by atoms with E-state index in [0.717, 1.165) is 0 Å². The molecule has 0 aliphatic carbocycles. The van der Waals surface area contributed by atoms with E-state index in [1.807, 2.05) is 0 Å². The number of rotatable bonds is 0. The summed E-state index contributed by atoms with van der Waals surface area (Å²) in [5, 5.41) is 0. The topological polar surface area (TPSA) is 0 Å². The van der Waals surface area contributed by atoms with Crippen molar-refractivity contribution < 1.29 is 175 Å². The Bertz CT molecular complexity index is 87.3. The first-order chi connectivity index (χ1) is 4.00. The zero-order valence-electron chi connectivity index (χ0n) is 11.2. The van der Waals surface area contributed by atoms with E-state index in [1.54, 1.807) is 0 Å². The van der Waals surface area contributed by atoms with Crippen molar-refractivity contribution in [3.63, 3.8) is 0 Å². The molecule has 1 radical (unpaired) electrons. The third kappa shape index (κ3) is 293. The van der Waals surface area contributed by atoms with E-state index < -0.39 is 14.5 Å². The third-order valence-electron chi connectivity index (χ3n) is 0. The van der Waals surface area contributed by atoms with Crippen molar-refractivity contribution in [1.29, 1.82) is 0 Å². The van der Waals surface area contributed by atoms with Gasteiger partial charge in [0.2, 0.25) is 0 Å². The van der Waals surface area contributed by atoms with Crippen LogP contribution in [0, 0.1) is 0 Å². The van der Waals surface area contributed by atoms with Crippen molar-refractivity contribution in [2.24, 2.45) is 0 Å². The minimum atomic E-state index is -6.00. The molecule has 0 bridgehead atoms. The van der Waals surface area contributed by atoms with Gasteiger partial charge in [0.05, 0.1) is 0 Å². The maximum atomic E-state index is 9.75. The molecule has 0 aromatic heterocycles. The first kappa shape index (κ1) is 42.8. The molecular weight excluding hydrogens is 372 g/mol. The first-order valence-electron chi connectivity index (χ1n) is 1.75. The smallest absolute Gasteiger partial charge is 1.00 e. The molecule has 0 rings (SSSR count). The minimum Gasteiger partial charge on any atom is -1.00 e. The molecule has 0 spiro atoms. The normalized spacial score (nSPS) is 8.00. The summed E-state index contributed by atoms with van der Waals surface area (Å²) in [6, 6.07) is 0. The second kappa shape index (κ2) is 20.3. The van der Waals surface area contributed by atoms with Crippen LogP contribution in [-0.2, 0) is 36.5 Å². The third-order valence-corrected chi connectivity index (χ3v) is 0. The minimum absolute atomic E-state index is 0. The molecule has 81 valence electrons. The maximum absolute atomic E-state index is 9.75. The van der Waals surface area contributed by atoms with Crippen LogP contribution < -0.4 is 99.8 Å². The zero-order chi connectivity index (χ0) is 9.00. The number of halogens is 8. The van der Waals surface area contributed by atoms with Gasteiger partial charge in [0.15, 0.2) is 0 Å². The molecule has 0 atom stereocenters. The largest absolute Gasteiger partial charge is 2.00 e. The Morgan fingerprint density at radius 1 is 0.667 bits per heavy atom. The van der Waals surface area contributed by atoms with E-state index in [4.69, 9.17) is 0 Å². The van der Waals surface area contributed by atoms with E-state index in [9.17, 15) is 34.5 Å². The van der Waals surface area contributed by atoms with Crippen molar-refractivity contribution in [1.82, 2.24) is 0 Å². The van der Waals surface area contributed by atoms with Gasteiger partial charge in [-0.25, -0.2) is 0 Å². The van der Waals surface area contributed by atoms with Crippen LogP contribution >= 0.6 is 0 Å². The summed E-state index contributed by atoms with van der Waals surface area (Å²) >= 11 is 0. The molecule has 15 heteroatoms. The SMILES string of the molecule is F[B-](F)(F)F.F[B-](F)(F)F.[Cu+2].[H-].[H-].[H-].[K+].[Li+].[Na+].[Zn]. The van der Waals surface area contributed by atoms with E-state index in [2.05, 4.69) is 0 Å². The predicted octanol–water partition coefficient (Wildman–Crippen LogP) is -6.06. The van der Waals surface area contributed by atoms with Crippen LogP contribution in [-0.4, -0.2) is 14.5 Å². The molecule has 0 aliphatic heterocycles. The van der Waals surface area contributed by atoms with Gasteiger partial charge in [-0.3, -0.25) is 0 Å². The van der Waals surface area contributed by atoms with Crippen molar-refractivity contribution in [2.45, 2.75) is 0 Å². The zero-order valence-corrected chi connectivity index (χ0v) is 17.2. The summed E-state index contributed by atoms with van der Waals surface area (Å²) in [5.74, 6) is 0. The molecule has 0 fully saturated rings. The summed E-state index contributed by atoms with van der Waals surface area (Å²) < 4.78 is 78.0. The van der Waals surface area contributed by atoms with Gasteiger partial charge in [0, 0.05) is 19.5 Å². The first-order valence-corrected chi connectivity index (χ1v) is 1.75. The van der Waals surface area contributed by atoms with Gasteiger partial charge in [-0.15, -0.1) is 0 Å². The second-order valence-corrected chi connectivity index (χ2v) is 0.990. The fourth-order valence-corrected chi connectivity index (χ4v) is 0. The van der Waals surface area contributed by atoms with Crippen LogP contribution in [0.25, 0.3) is 0 Å². The molecule has 0 N–H and O–H groups in total. The number of hydrogen-bond acceptors (Lipinski definition) is 0. The molecule has 0 nitrogen and oxygen atoms in total. The summed E-state index contributed by atoms with van der Waals surface area (Å²) in [4.78, 5) is 0. The molecule has 0 aromatic carbocycles. The maximum Gasteiger partial charge on any atom is 2.00 e. The van der Waals surface area contributed by atoms with E-state index in [0.29, 0.717) is 0 Å². The van der Waals surface area contributed by atoms with Crippen molar-refractivity contribution in [3.8, 4) is 0 Å². The summed E-state index contributed by atoms with van der Waals surface area (Å²) in [5.41, 5.74) is 0. The Morgan fingerprint density at radius 2 is 0.667 bits per heavy atom. The Labute approximate surface area is 186 Å². The van der Waals surface area contributed by atoms with Gasteiger partial charge in [-0.2, -0.15) is 0 Å². The average molecular weight is 375 g/mol. The van der Waals surface area contributed by atoms with Crippen LogP contribution in [0.15, 0.2) is 0 Å². The Hall–Kier alpha value is 3.95. The van der Waals surface area contributed by atoms with Gasteiger partial charge in [0.25, 0.3) is 0 Å². The van der Waals surface area contributed by atoms with Gasteiger partial charge >= 0.3 is 131 Å². The van der Waals surface area contributed by atoms with E-state index in [-0.39, 0.29) is 141 Å². The van der Waals surface area contributed by atoms with Gasteiger partial charge in [-0.1, -0.05) is 0 Å². The van der Waals surface area contributed by atoms with Crippen LogP contribution in [0.1, 0.15) is 4.28 Å². The molecule has 0 amide bonds. The standard InChI is InChI=1S/2BF4.Cu.K.Li.Na.Zn.3H/c2*2-1(3,4)5;;;;;;;;/q2*-1;+2;3*+1;;3*-1. The fourth-order valence-electron chi connectivity index (χ4n) is 0. The average Bonchev–Trinajstić information content (AvgIpc) is 1.12.